The molecule has 0 aromatic carbocycles. The number of fused-ring (bicyclic) bond motifs is 1. The molecule has 9 nitrogen and oxygen atoms in total. The molecule has 2 atom stereocenters. The minimum absolute atomic E-state index is 0.0264. The molecule has 28 heavy (non-hydrogen) atoms. The van der Waals surface area contributed by atoms with Gasteiger partial charge in [-0.3, -0.25) is 4.57 Å². The van der Waals surface area contributed by atoms with Gasteiger partial charge in [0.2, 0.25) is 0 Å². The van der Waals surface area contributed by atoms with Gasteiger partial charge in [-0.15, -0.1) is 0 Å². The van der Waals surface area contributed by atoms with Gasteiger partial charge in [0.25, 0.3) is 0 Å². The molecule has 2 N–H and O–H groups in total. The Morgan fingerprint density at radius 3 is 2.68 bits per heavy atom. The first-order chi connectivity index (χ1) is 13.5. The number of imidazole rings is 1. The molecular formula is C18H26N5O4P. The van der Waals surface area contributed by atoms with Crippen LogP contribution in [0.4, 0.5) is 5.82 Å². The van der Waals surface area contributed by atoms with Gasteiger partial charge in [0.15, 0.2) is 11.5 Å². The molecule has 2 aliphatic rings. The maximum absolute atomic E-state index is 12.8. The van der Waals surface area contributed by atoms with Crippen LogP contribution in [0.3, 0.4) is 0 Å². The predicted molar refractivity (Wildman–Crippen MR) is 105 cm³/mol. The van der Waals surface area contributed by atoms with Gasteiger partial charge in [-0.25, -0.2) is 15.0 Å². The SMILES string of the molecule is CCOP(=O)(CO[C@]1(C2CC2)C=C[C@H](n2cnc3c(N)ncnc32)C1)OCC. The Bertz CT molecular complexity index is 918. The van der Waals surface area contributed by atoms with Crippen LogP contribution in [0.15, 0.2) is 24.8 Å². The predicted octanol–water partition coefficient (Wildman–Crippen LogP) is 3.30. The van der Waals surface area contributed by atoms with E-state index >= 15 is 0 Å². The van der Waals surface area contributed by atoms with Crippen molar-refractivity contribution < 1.29 is 18.3 Å². The summed E-state index contributed by atoms with van der Waals surface area (Å²) in [7, 11) is -3.26. The van der Waals surface area contributed by atoms with E-state index in [4.69, 9.17) is 19.5 Å². The lowest BCUT2D eigenvalue weighted by Gasteiger charge is -2.31. The number of rotatable bonds is 9. The van der Waals surface area contributed by atoms with E-state index in [9.17, 15) is 4.57 Å². The number of nitrogens with zero attached hydrogens (tertiary/aromatic N) is 4. The summed E-state index contributed by atoms with van der Waals surface area (Å²) in [6.07, 6.45) is 10.2. The fraction of sp³-hybridized carbons (Fsp3) is 0.611. The van der Waals surface area contributed by atoms with E-state index in [1.165, 1.54) is 6.33 Å². The molecule has 0 saturated heterocycles. The van der Waals surface area contributed by atoms with Gasteiger partial charge in [0, 0.05) is 6.42 Å². The van der Waals surface area contributed by atoms with Crippen LogP contribution in [0, 0.1) is 5.92 Å². The summed E-state index contributed by atoms with van der Waals surface area (Å²) >= 11 is 0. The number of allylic oxidation sites excluding steroid dienone is 1. The Morgan fingerprint density at radius 1 is 1.25 bits per heavy atom. The molecule has 1 saturated carbocycles. The highest BCUT2D eigenvalue weighted by Gasteiger charge is 2.49. The minimum atomic E-state index is -3.26. The molecule has 0 spiro atoms. The van der Waals surface area contributed by atoms with Gasteiger partial charge in [-0.05, 0) is 32.6 Å². The average molecular weight is 407 g/mol. The number of ether oxygens (including phenoxy) is 1. The van der Waals surface area contributed by atoms with Crippen molar-refractivity contribution in [2.45, 2.75) is 44.8 Å². The smallest absolute Gasteiger partial charge is 0.356 e. The maximum atomic E-state index is 12.8. The second-order valence-corrected chi connectivity index (χ2v) is 9.16. The Balaban J connectivity index is 1.54. The van der Waals surface area contributed by atoms with Crippen molar-refractivity contribution in [1.29, 1.82) is 0 Å². The molecule has 10 heteroatoms. The number of hydrogen-bond acceptors (Lipinski definition) is 8. The minimum Gasteiger partial charge on any atom is -0.382 e. The van der Waals surface area contributed by atoms with Crippen molar-refractivity contribution in [3.8, 4) is 0 Å². The number of hydrogen-bond donors (Lipinski definition) is 1. The molecule has 0 unspecified atom stereocenters. The first-order valence-corrected chi connectivity index (χ1v) is 11.4. The van der Waals surface area contributed by atoms with E-state index in [1.54, 1.807) is 20.2 Å². The van der Waals surface area contributed by atoms with Gasteiger partial charge < -0.3 is 24.1 Å². The normalized spacial score (nSPS) is 25.0. The van der Waals surface area contributed by atoms with Gasteiger partial charge in [0.1, 0.15) is 18.2 Å². The van der Waals surface area contributed by atoms with E-state index in [1.807, 2.05) is 4.57 Å². The van der Waals surface area contributed by atoms with Crippen molar-refractivity contribution in [3.05, 3.63) is 24.8 Å². The first kappa shape index (κ1) is 19.5. The Morgan fingerprint density at radius 2 is 2.00 bits per heavy atom. The summed E-state index contributed by atoms with van der Waals surface area (Å²) in [5.41, 5.74) is 6.71. The Kier molecular flexibility index (Phi) is 5.26. The second kappa shape index (κ2) is 7.55. The van der Waals surface area contributed by atoms with Crippen LogP contribution in [-0.2, 0) is 18.3 Å². The molecular weight excluding hydrogens is 381 g/mol. The topological polar surface area (TPSA) is 114 Å². The lowest BCUT2D eigenvalue weighted by Crippen LogP contribution is -2.33. The summed E-state index contributed by atoms with van der Waals surface area (Å²) in [6.45, 7) is 4.23. The Hall–Kier alpha value is -1.80. The highest BCUT2D eigenvalue weighted by atomic mass is 31.2. The number of nitrogen functional groups attached to an aromatic ring is 1. The van der Waals surface area contributed by atoms with Crippen LogP contribution in [0.25, 0.3) is 11.2 Å². The highest BCUT2D eigenvalue weighted by Crippen LogP contribution is 2.55. The van der Waals surface area contributed by atoms with Crippen molar-refractivity contribution in [1.82, 2.24) is 19.5 Å². The molecule has 0 radical (unpaired) electrons. The van der Waals surface area contributed by atoms with Crippen LogP contribution in [0.2, 0.25) is 0 Å². The molecule has 0 bridgehead atoms. The molecule has 2 aromatic heterocycles. The average Bonchev–Trinajstić information content (AvgIpc) is 3.30. The van der Waals surface area contributed by atoms with Crippen LogP contribution >= 0.6 is 7.60 Å². The monoisotopic (exact) mass is 407 g/mol. The summed E-state index contributed by atoms with van der Waals surface area (Å²) < 4.78 is 31.8. The zero-order valence-electron chi connectivity index (χ0n) is 16.2. The molecule has 1 fully saturated rings. The molecule has 2 aliphatic carbocycles. The largest absolute Gasteiger partial charge is 0.382 e. The third-order valence-corrected chi connectivity index (χ3v) is 7.03. The van der Waals surface area contributed by atoms with Crippen molar-refractivity contribution in [2.24, 2.45) is 5.92 Å². The van der Waals surface area contributed by atoms with E-state index in [2.05, 4.69) is 27.1 Å². The number of anilines is 1. The molecule has 2 aromatic rings. The molecule has 0 aliphatic heterocycles. The summed E-state index contributed by atoms with van der Waals surface area (Å²) in [5, 5.41) is 0. The van der Waals surface area contributed by atoms with Crippen molar-refractivity contribution in [3.63, 3.8) is 0 Å². The zero-order valence-corrected chi connectivity index (χ0v) is 17.0. The van der Waals surface area contributed by atoms with Gasteiger partial charge in [0.05, 0.1) is 31.2 Å². The van der Waals surface area contributed by atoms with E-state index in [-0.39, 0.29) is 12.4 Å². The maximum Gasteiger partial charge on any atom is 0.356 e. The third-order valence-electron chi connectivity index (χ3n) is 5.28. The third kappa shape index (κ3) is 3.59. The lowest BCUT2D eigenvalue weighted by molar-refractivity contribution is -0.0149. The van der Waals surface area contributed by atoms with Crippen LogP contribution < -0.4 is 5.73 Å². The first-order valence-electron chi connectivity index (χ1n) is 9.64. The number of nitrogens with two attached hydrogens (primary N) is 1. The Labute approximate surface area is 163 Å². The lowest BCUT2D eigenvalue weighted by atomic mass is 9.96. The van der Waals surface area contributed by atoms with Crippen molar-refractivity contribution >= 4 is 24.6 Å². The van der Waals surface area contributed by atoms with Gasteiger partial charge in [-0.1, -0.05) is 12.2 Å². The summed E-state index contributed by atoms with van der Waals surface area (Å²) in [4.78, 5) is 12.7. The number of aromatic nitrogens is 4. The second-order valence-electron chi connectivity index (χ2n) is 7.16. The van der Waals surface area contributed by atoms with E-state index in [0.717, 1.165) is 12.8 Å². The summed E-state index contributed by atoms with van der Waals surface area (Å²) in [5.74, 6) is 0.768. The molecule has 152 valence electrons. The zero-order chi connectivity index (χ0) is 19.8. The highest BCUT2D eigenvalue weighted by molar-refractivity contribution is 7.53. The molecule has 2 heterocycles. The van der Waals surface area contributed by atoms with Crippen LogP contribution in [0.1, 0.15) is 39.2 Å². The van der Waals surface area contributed by atoms with Crippen LogP contribution in [0.5, 0.6) is 0 Å². The van der Waals surface area contributed by atoms with Gasteiger partial charge >= 0.3 is 7.60 Å². The summed E-state index contributed by atoms with van der Waals surface area (Å²) in [6, 6.07) is 0.0264. The van der Waals surface area contributed by atoms with E-state index < -0.39 is 13.2 Å². The van der Waals surface area contributed by atoms with Crippen molar-refractivity contribution in [2.75, 3.05) is 25.3 Å². The quantitative estimate of drug-likeness (QED) is 0.497. The standard InChI is InChI=1S/C18H26N5O4P/c1-3-26-28(24,27-4-2)12-25-18(13-5-6-13)8-7-14(9-18)23-11-22-15-16(19)20-10-21-17(15)23/h7-8,10-11,13-14H,3-6,9,12H2,1-2H3,(H2,19,20,21)/t14-,18+/m0/s1. The molecule has 4 rings (SSSR count). The van der Waals surface area contributed by atoms with Gasteiger partial charge in [-0.2, -0.15) is 0 Å². The fourth-order valence-corrected chi connectivity index (χ4v) is 5.25. The van der Waals surface area contributed by atoms with Crippen LogP contribution in [-0.4, -0.2) is 44.7 Å². The molecule has 0 amide bonds. The van der Waals surface area contributed by atoms with E-state index in [0.29, 0.717) is 42.5 Å². The fourth-order valence-electron chi connectivity index (χ4n) is 3.84.